The highest BCUT2D eigenvalue weighted by atomic mass is 35.5. The molecule has 0 saturated heterocycles. The molecule has 18 heavy (non-hydrogen) atoms. The van der Waals surface area contributed by atoms with Crippen LogP contribution in [0.5, 0.6) is 0 Å². The van der Waals surface area contributed by atoms with Gasteiger partial charge in [-0.05, 0) is 30.2 Å². The first-order chi connectivity index (χ1) is 8.52. The monoisotopic (exact) mass is 267 g/mol. The normalized spacial score (nSPS) is 12.3. The maximum absolute atomic E-state index is 11.5. The molecule has 5 heteroatoms. The molecular formula is C13H14ClNO3. The smallest absolute Gasteiger partial charge is 0.326 e. The fraction of sp³-hybridized carbons (Fsp3) is 0.231. The van der Waals surface area contributed by atoms with Gasteiger partial charge in [0, 0.05) is 11.1 Å². The number of halogens is 1. The molecule has 2 N–H and O–H groups in total. The van der Waals surface area contributed by atoms with Crippen molar-refractivity contribution < 1.29 is 14.7 Å². The molecule has 0 aliphatic heterocycles. The lowest BCUT2D eigenvalue weighted by atomic mass is 10.2. The lowest BCUT2D eigenvalue weighted by Gasteiger charge is -2.09. The third kappa shape index (κ3) is 4.59. The highest BCUT2D eigenvalue weighted by molar-refractivity contribution is 6.30. The Labute approximate surface area is 110 Å². The standard InChI is InChI=1S/C13H14ClNO3/c1-2-11(13(17)18)15-12(16)8-5-9-3-6-10(14)7-4-9/h3-8,11H,2H2,1H3,(H,15,16)(H,17,18)/b8-5+/t11-/m0/s1. The molecule has 1 aromatic rings. The summed E-state index contributed by atoms with van der Waals surface area (Å²) in [6.07, 6.45) is 3.24. The Balaban J connectivity index is 2.59. The minimum Gasteiger partial charge on any atom is -0.480 e. The van der Waals surface area contributed by atoms with Crippen molar-refractivity contribution in [2.24, 2.45) is 0 Å². The van der Waals surface area contributed by atoms with Crippen molar-refractivity contribution in [3.8, 4) is 0 Å². The summed E-state index contributed by atoms with van der Waals surface area (Å²) in [6, 6.07) is 6.10. The summed E-state index contributed by atoms with van der Waals surface area (Å²) in [5.41, 5.74) is 0.818. The molecule has 1 aromatic carbocycles. The first-order valence-corrected chi connectivity index (χ1v) is 5.87. The van der Waals surface area contributed by atoms with Gasteiger partial charge >= 0.3 is 5.97 Å². The average Bonchev–Trinajstić information content (AvgIpc) is 2.35. The molecular weight excluding hydrogens is 254 g/mol. The number of rotatable bonds is 5. The number of nitrogens with one attached hydrogen (secondary N) is 1. The van der Waals surface area contributed by atoms with Gasteiger partial charge in [-0.25, -0.2) is 4.79 Å². The molecule has 0 unspecified atom stereocenters. The van der Waals surface area contributed by atoms with Crippen molar-refractivity contribution in [2.45, 2.75) is 19.4 Å². The summed E-state index contributed by atoms with van der Waals surface area (Å²) in [6.45, 7) is 1.70. The van der Waals surface area contributed by atoms with Crippen molar-refractivity contribution in [1.82, 2.24) is 5.32 Å². The van der Waals surface area contributed by atoms with E-state index in [9.17, 15) is 9.59 Å². The molecule has 4 nitrogen and oxygen atoms in total. The third-order valence-electron chi connectivity index (χ3n) is 2.32. The number of amides is 1. The highest BCUT2D eigenvalue weighted by Gasteiger charge is 2.15. The molecule has 0 bridgehead atoms. The molecule has 0 fully saturated rings. The number of benzene rings is 1. The van der Waals surface area contributed by atoms with Gasteiger partial charge in [-0.1, -0.05) is 30.7 Å². The van der Waals surface area contributed by atoms with E-state index in [4.69, 9.17) is 16.7 Å². The van der Waals surface area contributed by atoms with Gasteiger partial charge in [-0.3, -0.25) is 4.79 Å². The first kappa shape index (κ1) is 14.3. The summed E-state index contributed by atoms with van der Waals surface area (Å²) in [5, 5.41) is 11.8. The SMILES string of the molecule is CC[C@H](NC(=O)/C=C/c1ccc(Cl)cc1)C(=O)O. The molecule has 0 radical (unpaired) electrons. The van der Waals surface area contributed by atoms with E-state index in [1.165, 1.54) is 6.08 Å². The van der Waals surface area contributed by atoms with Gasteiger partial charge in [0.1, 0.15) is 6.04 Å². The minimum absolute atomic E-state index is 0.343. The van der Waals surface area contributed by atoms with Crippen molar-refractivity contribution >= 4 is 29.6 Å². The van der Waals surface area contributed by atoms with Crippen molar-refractivity contribution in [3.05, 3.63) is 40.9 Å². The molecule has 96 valence electrons. The van der Waals surface area contributed by atoms with E-state index in [-0.39, 0.29) is 0 Å². The molecule has 0 aromatic heterocycles. The zero-order valence-corrected chi connectivity index (χ0v) is 10.6. The van der Waals surface area contributed by atoms with Crippen LogP contribution in [0.25, 0.3) is 6.08 Å². The van der Waals surface area contributed by atoms with Crippen molar-refractivity contribution in [1.29, 1.82) is 0 Å². The fourth-order valence-corrected chi connectivity index (χ4v) is 1.43. The van der Waals surface area contributed by atoms with Crippen LogP contribution < -0.4 is 5.32 Å². The van der Waals surface area contributed by atoms with Gasteiger partial charge in [0.05, 0.1) is 0 Å². The Bertz CT molecular complexity index is 454. The maximum Gasteiger partial charge on any atom is 0.326 e. The van der Waals surface area contributed by atoms with Crippen LogP contribution in [-0.4, -0.2) is 23.0 Å². The quantitative estimate of drug-likeness (QED) is 0.805. The lowest BCUT2D eigenvalue weighted by Crippen LogP contribution is -2.39. The second-order valence-electron chi connectivity index (χ2n) is 3.69. The Morgan fingerprint density at radius 3 is 2.50 bits per heavy atom. The van der Waals surface area contributed by atoms with Crippen LogP contribution in [0, 0.1) is 0 Å². The second-order valence-corrected chi connectivity index (χ2v) is 4.13. The number of hydrogen-bond acceptors (Lipinski definition) is 2. The largest absolute Gasteiger partial charge is 0.480 e. The van der Waals surface area contributed by atoms with Crippen LogP contribution in [0.1, 0.15) is 18.9 Å². The highest BCUT2D eigenvalue weighted by Crippen LogP contribution is 2.10. The van der Waals surface area contributed by atoms with Gasteiger partial charge in [-0.2, -0.15) is 0 Å². The number of aliphatic carboxylic acids is 1. The zero-order chi connectivity index (χ0) is 13.5. The summed E-state index contributed by atoms with van der Waals surface area (Å²) < 4.78 is 0. The van der Waals surface area contributed by atoms with Gasteiger partial charge in [-0.15, -0.1) is 0 Å². The Kier molecular flexibility index (Phi) is 5.39. The Morgan fingerprint density at radius 2 is 2.00 bits per heavy atom. The summed E-state index contributed by atoms with van der Waals surface area (Å²) in [4.78, 5) is 22.2. The van der Waals surface area contributed by atoms with Gasteiger partial charge in [0.25, 0.3) is 0 Å². The molecule has 0 aliphatic rings. The average molecular weight is 268 g/mol. The van der Waals surface area contributed by atoms with Crippen LogP contribution >= 0.6 is 11.6 Å². The zero-order valence-electron chi connectivity index (χ0n) is 9.89. The van der Waals surface area contributed by atoms with Crippen molar-refractivity contribution in [2.75, 3.05) is 0 Å². The number of hydrogen-bond donors (Lipinski definition) is 2. The number of carbonyl (C=O) groups is 2. The van der Waals surface area contributed by atoms with Crippen LogP contribution in [0.4, 0.5) is 0 Å². The van der Waals surface area contributed by atoms with Crippen LogP contribution in [0.2, 0.25) is 5.02 Å². The van der Waals surface area contributed by atoms with Gasteiger partial charge in [0.2, 0.25) is 5.91 Å². The third-order valence-corrected chi connectivity index (χ3v) is 2.57. The lowest BCUT2D eigenvalue weighted by molar-refractivity contribution is -0.141. The van der Waals surface area contributed by atoms with E-state index >= 15 is 0 Å². The van der Waals surface area contributed by atoms with E-state index < -0.39 is 17.9 Å². The van der Waals surface area contributed by atoms with E-state index in [0.717, 1.165) is 5.56 Å². The Hall–Kier alpha value is -1.81. The molecule has 0 spiro atoms. The van der Waals surface area contributed by atoms with Crippen LogP contribution in [0.3, 0.4) is 0 Å². The molecule has 1 amide bonds. The summed E-state index contributed by atoms with van der Waals surface area (Å²) in [7, 11) is 0. The number of carboxylic acid groups (broad SMARTS) is 1. The first-order valence-electron chi connectivity index (χ1n) is 5.50. The number of carbonyl (C=O) groups excluding carboxylic acids is 1. The predicted octanol–water partition coefficient (Wildman–Crippen LogP) is 2.33. The summed E-state index contributed by atoms with van der Waals surface area (Å²) in [5.74, 6) is -1.47. The topological polar surface area (TPSA) is 66.4 Å². The second kappa shape index (κ2) is 6.81. The molecule has 0 aliphatic carbocycles. The van der Waals surface area contributed by atoms with Crippen LogP contribution in [-0.2, 0) is 9.59 Å². The van der Waals surface area contributed by atoms with Crippen LogP contribution in [0.15, 0.2) is 30.3 Å². The number of carboxylic acids is 1. The van der Waals surface area contributed by atoms with E-state index in [1.807, 2.05) is 0 Å². The predicted molar refractivity (Wildman–Crippen MR) is 70.3 cm³/mol. The molecule has 1 rings (SSSR count). The van der Waals surface area contributed by atoms with E-state index in [0.29, 0.717) is 11.4 Å². The maximum atomic E-state index is 11.5. The van der Waals surface area contributed by atoms with E-state index in [1.54, 1.807) is 37.3 Å². The minimum atomic E-state index is -1.04. The van der Waals surface area contributed by atoms with Gasteiger partial charge < -0.3 is 10.4 Å². The van der Waals surface area contributed by atoms with Gasteiger partial charge in [0.15, 0.2) is 0 Å². The molecule has 1 atom stereocenters. The Morgan fingerprint density at radius 1 is 1.39 bits per heavy atom. The van der Waals surface area contributed by atoms with E-state index in [2.05, 4.69) is 5.32 Å². The molecule has 0 heterocycles. The molecule has 0 saturated carbocycles. The summed E-state index contributed by atoms with van der Waals surface area (Å²) >= 11 is 5.73. The van der Waals surface area contributed by atoms with Crippen molar-refractivity contribution in [3.63, 3.8) is 0 Å². The fourth-order valence-electron chi connectivity index (χ4n) is 1.30.